The van der Waals surface area contributed by atoms with Crippen molar-refractivity contribution in [3.05, 3.63) is 0 Å². The molecule has 5 heteroatoms. The van der Waals surface area contributed by atoms with Crippen LogP contribution in [0.4, 0.5) is 0 Å². The third kappa shape index (κ3) is 3.25. The van der Waals surface area contributed by atoms with Gasteiger partial charge in [-0.15, -0.1) is 0 Å². The summed E-state index contributed by atoms with van der Waals surface area (Å²) in [7, 11) is 4.08. The van der Waals surface area contributed by atoms with E-state index in [-0.39, 0.29) is 11.3 Å². The number of rotatable bonds is 4. The van der Waals surface area contributed by atoms with Crippen molar-refractivity contribution in [3.8, 4) is 0 Å². The highest BCUT2D eigenvalue weighted by atomic mass is 16.2. The number of amides is 2. The van der Waals surface area contributed by atoms with Crippen LogP contribution >= 0.6 is 0 Å². The maximum Gasteiger partial charge on any atom is 0.230 e. The molecule has 3 fully saturated rings. The summed E-state index contributed by atoms with van der Waals surface area (Å²) in [6.45, 7) is 6.29. The SMILES string of the molecule is CC1CC(C(=O)N2CCC[C@@]3(CCN(CCN(C)C)C3=O)C2)C1. The summed E-state index contributed by atoms with van der Waals surface area (Å²) in [6.07, 6.45) is 4.91. The summed E-state index contributed by atoms with van der Waals surface area (Å²) in [5.74, 6) is 1.51. The van der Waals surface area contributed by atoms with Crippen LogP contribution in [-0.2, 0) is 9.59 Å². The van der Waals surface area contributed by atoms with Crippen molar-refractivity contribution in [1.82, 2.24) is 14.7 Å². The molecule has 0 aromatic carbocycles. The largest absolute Gasteiger partial charge is 0.341 e. The number of likely N-dealkylation sites (tertiary alicyclic amines) is 2. The molecule has 1 aliphatic carbocycles. The highest BCUT2D eigenvalue weighted by molar-refractivity contribution is 5.87. The molecule has 5 nitrogen and oxygen atoms in total. The summed E-state index contributed by atoms with van der Waals surface area (Å²) in [4.78, 5) is 31.7. The van der Waals surface area contributed by atoms with Gasteiger partial charge in [0.15, 0.2) is 0 Å². The lowest BCUT2D eigenvalue weighted by molar-refractivity contribution is -0.148. The third-order valence-electron chi connectivity index (χ3n) is 6.03. The summed E-state index contributed by atoms with van der Waals surface area (Å²) in [5, 5.41) is 0. The maximum atomic E-state index is 12.9. The molecule has 3 aliphatic rings. The minimum atomic E-state index is -0.282. The van der Waals surface area contributed by atoms with E-state index in [1.165, 1.54) is 0 Å². The van der Waals surface area contributed by atoms with E-state index in [1.807, 2.05) is 23.9 Å². The Kier molecular flexibility index (Phi) is 4.68. The number of carbonyl (C=O) groups is 2. The second kappa shape index (κ2) is 6.42. The summed E-state index contributed by atoms with van der Waals surface area (Å²) in [5.41, 5.74) is -0.282. The van der Waals surface area contributed by atoms with Crippen molar-refractivity contribution in [3.63, 3.8) is 0 Å². The first kappa shape index (κ1) is 16.7. The van der Waals surface area contributed by atoms with E-state index in [9.17, 15) is 9.59 Å². The molecule has 2 aliphatic heterocycles. The van der Waals surface area contributed by atoms with Crippen molar-refractivity contribution < 1.29 is 9.59 Å². The van der Waals surface area contributed by atoms with Gasteiger partial charge in [-0.05, 0) is 52.1 Å². The van der Waals surface area contributed by atoms with Gasteiger partial charge in [-0.3, -0.25) is 9.59 Å². The van der Waals surface area contributed by atoms with Gasteiger partial charge < -0.3 is 14.7 Å². The van der Waals surface area contributed by atoms with Crippen LogP contribution in [0.2, 0.25) is 0 Å². The molecular weight excluding hydrogens is 290 g/mol. The standard InChI is InChI=1S/C18H31N3O2/c1-14-11-15(12-14)16(22)21-7-4-5-18(13-21)6-8-20(17(18)23)10-9-19(2)3/h14-15H,4-13H2,1-3H3/t14?,15?,18-/m1/s1. The minimum absolute atomic E-state index is 0.224. The summed E-state index contributed by atoms with van der Waals surface area (Å²) < 4.78 is 0. The predicted octanol–water partition coefficient (Wildman–Crippen LogP) is 1.44. The van der Waals surface area contributed by atoms with Crippen LogP contribution in [0.1, 0.15) is 39.0 Å². The Morgan fingerprint density at radius 1 is 1.26 bits per heavy atom. The molecule has 130 valence electrons. The monoisotopic (exact) mass is 321 g/mol. The molecule has 0 N–H and O–H groups in total. The Labute approximate surface area is 140 Å². The van der Waals surface area contributed by atoms with Crippen LogP contribution in [0.3, 0.4) is 0 Å². The Morgan fingerprint density at radius 3 is 2.65 bits per heavy atom. The van der Waals surface area contributed by atoms with Crippen molar-refractivity contribution in [2.75, 3.05) is 46.8 Å². The quantitative estimate of drug-likeness (QED) is 0.787. The van der Waals surface area contributed by atoms with Crippen LogP contribution in [0.15, 0.2) is 0 Å². The number of piperidine rings is 1. The first-order valence-electron chi connectivity index (χ1n) is 9.14. The minimum Gasteiger partial charge on any atom is -0.341 e. The lowest BCUT2D eigenvalue weighted by Gasteiger charge is -2.42. The van der Waals surface area contributed by atoms with Crippen LogP contribution in [0.5, 0.6) is 0 Å². The van der Waals surface area contributed by atoms with Crippen molar-refractivity contribution >= 4 is 11.8 Å². The Balaban J connectivity index is 1.61. The van der Waals surface area contributed by atoms with Gasteiger partial charge in [0.1, 0.15) is 0 Å². The molecule has 0 unspecified atom stereocenters. The average Bonchev–Trinajstić information content (AvgIpc) is 2.78. The van der Waals surface area contributed by atoms with E-state index in [0.29, 0.717) is 24.3 Å². The molecule has 1 saturated carbocycles. The number of carbonyl (C=O) groups excluding carboxylic acids is 2. The fraction of sp³-hybridized carbons (Fsp3) is 0.889. The maximum absolute atomic E-state index is 12.9. The van der Waals surface area contributed by atoms with E-state index in [1.54, 1.807) is 0 Å². The van der Waals surface area contributed by atoms with Gasteiger partial charge in [-0.25, -0.2) is 0 Å². The molecule has 1 spiro atoms. The zero-order valence-electron chi connectivity index (χ0n) is 14.9. The van der Waals surface area contributed by atoms with Gasteiger partial charge in [-0.2, -0.15) is 0 Å². The van der Waals surface area contributed by atoms with Gasteiger partial charge in [0.05, 0.1) is 5.41 Å². The van der Waals surface area contributed by atoms with E-state index >= 15 is 0 Å². The van der Waals surface area contributed by atoms with Gasteiger partial charge in [0.25, 0.3) is 0 Å². The lowest BCUT2D eigenvalue weighted by atomic mass is 9.73. The van der Waals surface area contributed by atoms with Gasteiger partial charge in [0, 0.05) is 38.6 Å². The number of hydrogen-bond acceptors (Lipinski definition) is 3. The Morgan fingerprint density at radius 2 is 2.00 bits per heavy atom. The molecule has 0 aromatic heterocycles. The zero-order chi connectivity index (χ0) is 16.6. The second-order valence-corrected chi connectivity index (χ2v) is 8.26. The van der Waals surface area contributed by atoms with E-state index in [2.05, 4.69) is 11.8 Å². The van der Waals surface area contributed by atoms with Gasteiger partial charge in [-0.1, -0.05) is 6.92 Å². The number of likely N-dealkylation sites (N-methyl/N-ethyl adjacent to an activating group) is 1. The van der Waals surface area contributed by atoms with E-state index in [4.69, 9.17) is 0 Å². The molecule has 23 heavy (non-hydrogen) atoms. The molecule has 1 atom stereocenters. The highest BCUT2D eigenvalue weighted by Crippen LogP contribution is 2.42. The molecule has 0 aromatic rings. The fourth-order valence-corrected chi connectivity index (χ4v) is 4.49. The summed E-state index contributed by atoms with van der Waals surface area (Å²) >= 11 is 0. The molecule has 0 radical (unpaired) electrons. The van der Waals surface area contributed by atoms with Crippen LogP contribution in [-0.4, -0.2) is 73.3 Å². The average molecular weight is 321 g/mol. The molecule has 0 bridgehead atoms. The summed E-state index contributed by atoms with van der Waals surface area (Å²) in [6, 6.07) is 0. The van der Waals surface area contributed by atoms with Gasteiger partial charge >= 0.3 is 0 Å². The van der Waals surface area contributed by atoms with E-state index < -0.39 is 0 Å². The van der Waals surface area contributed by atoms with Crippen LogP contribution in [0.25, 0.3) is 0 Å². The third-order valence-corrected chi connectivity index (χ3v) is 6.03. The van der Waals surface area contributed by atoms with Crippen molar-refractivity contribution in [2.45, 2.75) is 39.0 Å². The highest BCUT2D eigenvalue weighted by Gasteiger charge is 2.50. The molecular formula is C18H31N3O2. The smallest absolute Gasteiger partial charge is 0.230 e. The number of hydrogen-bond donors (Lipinski definition) is 0. The predicted molar refractivity (Wildman–Crippen MR) is 89.9 cm³/mol. The van der Waals surface area contributed by atoms with Gasteiger partial charge in [0.2, 0.25) is 11.8 Å². The zero-order valence-corrected chi connectivity index (χ0v) is 14.9. The topological polar surface area (TPSA) is 43.9 Å². The fourth-order valence-electron chi connectivity index (χ4n) is 4.49. The van der Waals surface area contributed by atoms with Crippen molar-refractivity contribution in [2.24, 2.45) is 17.3 Å². The number of nitrogens with zero attached hydrogens (tertiary/aromatic N) is 3. The first-order valence-corrected chi connectivity index (χ1v) is 9.14. The van der Waals surface area contributed by atoms with E-state index in [0.717, 1.165) is 58.3 Å². The van der Waals surface area contributed by atoms with Crippen LogP contribution < -0.4 is 0 Å². The van der Waals surface area contributed by atoms with Crippen LogP contribution in [0, 0.1) is 17.3 Å². The lowest BCUT2D eigenvalue weighted by Crippen LogP contribution is -2.52. The first-order chi connectivity index (χ1) is 10.9. The van der Waals surface area contributed by atoms with Crippen molar-refractivity contribution in [1.29, 1.82) is 0 Å². The Hall–Kier alpha value is -1.10. The molecule has 3 rings (SSSR count). The molecule has 2 heterocycles. The Bertz CT molecular complexity index is 473. The molecule has 2 saturated heterocycles. The second-order valence-electron chi connectivity index (χ2n) is 8.26. The normalized spacial score (nSPS) is 34.3. The molecule has 2 amide bonds.